The third kappa shape index (κ3) is 2.41. The van der Waals surface area contributed by atoms with Gasteiger partial charge in [-0.05, 0) is 18.2 Å². The number of nitrogens with zero attached hydrogens (tertiary/aromatic N) is 5. The first-order valence-corrected chi connectivity index (χ1v) is 8.45. The van der Waals surface area contributed by atoms with Gasteiger partial charge in [0, 0.05) is 18.6 Å². The van der Waals surface area contributed by atoms with Gasteiger partial charge >= 0.3 is 5.69 Å². The van der Waals surface area contributed by atoms with E-state index in [2.05, 4.69) is 30.9 Å². The van der Waals surface area contributed by atoms with Gasteiger partial charge in [0.05, 0.1) is 23.8 Å². The summed E-state index contributed by atoms with van der Waals surface area (Å²) in [6.45, 7) is 0.144. The second-order valence-electron chi connectivity index (χ2n) is 5.92. The second-order valence-corrected chi connectivity index (χ2v) is 6.84. The lowest BCUT2D eigenvalue weighted by molar-refractivity contribution is 0.698. The third-order valence-corrected chi connectivity index (χ3v) is 4.75. The monoisotopic (exact) mass is 416 g/mol. The summed E-state index contributed by atoms with van der Waals surface area (Å²) < 4.78 is 4.69. The number of aromatic nitrogens is 6. The molecule has 0 aliphatic carbocycles. The highest BCUT2D eigenvalue weighted by Crippen LogP contribution is 2.15. The van der Waals surface area contributed by atoms with E-state index < -0.39 is 11.2 Å². The molecule has 0 amide bonds. The molecule has 10 heteroatoms. The van der Waals surface area contributed by atoms with Crippen LogP contribution in [-0.2, 0) is 20.6 Å². The van der Waals surface area contributed by atoms with E-state index in [1.165, 1.54) is 17.9 Å². The van der Waals surface area contributed by atoms with Crippen LogP contribution < -0.4 is 16.8 Å². The molecule has 4 rings (SSSR count). The maximum absolute atomic E-state index is 12.5. The lowest BCUT2D eigenvalue weighted by Gasteiger charge is -2.07. The molecular weight excluding hydrogens is 404 g/mol. The number of rotatable bonds is 2. The SMILES string of the molecule is Cn1c(=O)c2c(ncn2Cc2nc3ccc(Br)cc3c(=O)[nH]2)n(C)c1=O. The molecule has 0 atom stereocenters. The minimum Gasteiger partial charge on any atom is -0.317 e. The van der Waals surface area contributed by atoms with Crippen molar-refractivity contribution in [3.63, 3.8) is 0 Å². The van der Waals surface area contributed by atoms with Crippen LogP contribution in [0.1, 0.15) is 5.82 Å². The normalized spacial score (nSPS) is 11.5. The minimum absolute atomic E-state index is 0.144. The molecule has 0 unspecified atom stereocenters. The minimum atomic E-state index is -0.451. The van der Waals surface area contributed by atoms with Crippen molar-refractivity contribution in [3.05, 3.63) is 66.0 Å². The smallest absolute Gasteiger partial charge is 0.317 e. The van der Waals surface area contributed by atoms with Crippen LogP contribution >= 0.6 is 15.9 Å². The third-order valence-electron chi connectivity index (χ3n) is 4.25. The van der Waals surface area contributed by atoms with Gasteiger partial charge in [-0.1, -0.05) is 15.9 Å². The van der Waals surface area contributed by atoms with E-state index in [-0.39, 0.29) is 23.3 Å². The zero-order valence-corrected chi connectivity index (χ0v) is 15.4. The van der Waals surface area contributed by atoms with Gasteiger partial charge < -0.3 is 9.55 Å². The van der Waals surface area contributed by atoms with Gasteiger partial charge in [0.1, 0.15) is 5.82 Å². The molecule has 0 aliphatic rings. The number of nitrogens with one attached hydrogen (secondary N) is 1. The van der Waals surface area contributed by atoms with Crippen molar-refractivity contribution in [3.8, 4) is 0 Å². The number of hydrogen-bond donors (Lipinski definition) is 1. The van der Waals surface area contributed by atoms with Crippen molar-refractivity contribution >= 4 is 38.0 Å². The highest BCUT2D eigenvalue weighted by Gasteiger charge is 2.15. The Balaban J connectivity index is 1.90. The molecule has 3 heterocycles. The largest absolute Gasteiger partial charge is 0.332 e. The number of benzene rings is 1. The molecule has 132 valence electrons. The van der Waals surface area contributed by atoms with Crippen molar-refractivity contribution in [1.29, 1.82) is 0 Å². The van der Waals surface area contributed by atoms with E-state index in [0.717, 1.165) is 9.04 Å². The van der Waals surface area contributed by atoms with Crippen molar-refractivity contribution < 1.29 is 0 Å². The van der Waals surface area contributed by atoms with Crippen LogP contribution in [0.4, 0.5) is 0 Å². The number of fused-ring (bicyclic) bond motifs is 2. The van der Waals surface area contributed by atoms with E-state index in [1.54, 1.807) is 29.8 Å². The molecule has 1 aromatic carbocycles. The molecule has 26 heavy (non-hydrogen) atoms. The molecular formula is C16H13BrN6O3. The highest BCUT2D eigenvalue weighted by molar-refractivity contribution is 9.10. The van der Waals surface area contributed by atoms with E-state index in [0.29, 0.717) is 16.7 Å². The van der Waals surface area contributed by atoms with Crippen LogP contribution in [0, 0.1) is 0 Å². The number of hydrogen-bond acceptors (Lipinski definition) is 5. The van der Waals surface area contributed by atoms with Gasteiger partial charge in [-0.15, -0.1) is 0 Å². The summed E-state index contributed by atoms with van der Waals surface area (Å²) >= 11 is 3.33. The Morgan fingerprint density at radius 3 is 2.69 bits per heavy atom. The van der Waals surface area contributed by atoms with E-state index in [4.69, 9.17) is 0 Å². The number of aromatic amines is 1. The predicted molar refractivity (Wildman–Crippen MR) is 99.4 cm³/mol. The highest BCUT2D eigenvalue weighted by atomic mass is 79.9. The van der Waals surface area contributed by atoms with Crippen LogP contribution in [0.5, 0.6) is 0 Å². The Bertz CT molecular complexity index is 1360. The molecule has 1 N–H and O–H groups in total. The Kier molecular flexibility index (Phi) is 3.65. The van der Waals surface area contributed by atoms with Gasteiger partial charge in [0.15, 0.2) is 11.2 Å². The molecule has 0 saturated carbocycles. The van der Waals surface area contributed by atoms with Gasteiger partial charge in [-0.3, -0.25) is 18.7 Å². The quantitative estimate of drug-likeness (QED) is 0.511. The van der Waals surface area contributed by atoms with E-state index in [9.17, 15) is 14.4 Å². The molecule has 0 bridgehead atoms. The van der Waals surface area contributed by atoms with Crippen molar-refractivity contribution in [1.82, 2.24) is 28.7 Å². The van der Waals surface area contributed by atoms with Crippen LogP contribution in [0.2, 0.25) is 0 Å². The topological polar surface area (TPSA) is 108 Å². The average Bonchev–Trinajstić information content (AvgIpc) is 3.02. The first-order valence-electron chi connectivity index (χ1n) is 7.66. The maximum Gasteiger partial charge on any atom is 0.332 e. The van der Waals surface area contributed by atoms with Gasteiger partial charge in [0.2, 0.25) is 0 Å². The Labute approximate surface area is 153 Å². The second kappa shape index (κ2) is 5.77. The van der Waals surface area contributed by atoms with Crippen LogP contribution in [0.3, 0.4) is 0 Å². The van der Waals surface area contributed by atoms with Crippen molar-refractivity contribution in [2.24, 2.45) is 14.1 Å². The fourth-order valence-electron chi connectivity index (χ4n) is 2.91. The Hall–Kier alpha value is -3.01. The van der Waals surface area contributed by atoms with E-state index >= 15 is 0 Å². The number of halogens is 1. The Morgan fingerprint density at radius 2 is 1.92 bits per heavy atom. The molecule has 4 aromatic rings. The molecule has 3 aromatic heterocycles. The molecule has 9 nitrogen and oxygen atoms in total. The van der Waals surface area contributed by atoms with E-state index in [1.807, 2.05) is 0 Å². The standard InChI is InChI=1S/C16H13BrN6O3/c1-21-13-12(15(25)22(2)16(21)26)23(7-18-13)6-11-19-10-4-3-8(17)5-9(10)14(24)20-11/h3-5,7H,6H2,1-2H3,(H,19,20,24). The molecule has 0 radical (unpaired) electrons. The fourth-order valence-corrected chi connectivity index (χ4v) is 3.27. The van der Waals surface area contributed by atoms with Crippen LogP contribution in [0.15, 0.2) is 43.4 Å². The number of aryl methyl sites for hydroxylation is 1. The summed E-state index contributed by atoms with van der Waals surface area (Å²) in [5, 5.41) is 0.469. The lowest BCUT2D eigenvalue weighted by atomic mass is 10.2. The predicted octanol–water partition coefficient (Wildman–Crippen LogP) is 0.481. The fraction of sp³-hybridized carbons (Fsp3) is 0.188. The van der Waals surface area contributed by atoms with Crippen LogP contribution in [-0.4, -0.2) is 28.7 Å². The summed E-state index contributed by atoms with van der Waals surface area (Å²) in [4.78, 5) is 48.1. The molecule has 0 fully saturated rings. The summed E-state index contributed by atoms with van der Waals surface area (Å²) in [6, 6.07) is 5.24. The molecule has 0 aliphatic heterocycles. The first kappa shape index (κ1) is 16.5. The van der Waals surface area contributed by atoms with Crippen LogP contribution in [0.25, 0.3) is 22.1 Å². The number of imidazole rings is 1. The van der Waals surface area contributed by atoms with Crippen molar-refractivity contribution in [2.75, 3.05) is 0 Å². The summed E-state index contributed by atoms with van der Waals surface area (Å²) in [5.74, 6) is 0.389. The zero-order chi connectivity index (χ0) is 18.6. The summed E-state index contributed by atoms with van der Waals surface area (Å²) in [7, 11) is 2.96. The number of H-pyrrole nitrogens is 1. The molecule has 0 spiro atoms. The van der Waals surface area contributed by atoms with Gasteiger partial charge in [-0.25, -0.2) is 14.8 Å². The summed E-state index contributed by atoms with van der Waals surface area (Å²) in [6.07, 6.45) is 1.46. The average molecular weight is 417 g/mol. The maximum atomic E-state index is 12.5. The Morgan fingerprint density at radius 1 is 1.15 bits per heavy atom. The van der Waals surface area contributed by atoms with Gasteiger partial charge in [0.25, 0.3) is 11.1 Å². The first-order chi connectivity index (χ1) is 12.4. The molecule has 0 saturated heterocycles. The zero-order valence-electron chi connectivity index (χ0n) is 13.9. The lowest BCUT2D eigenvalue weighted by Crippen LogP contribution is -2.37. The van der Waals surface area contributed by atoms with Crippen molar-refractivity contribution in [2.45, 2.75) is 6.54 Å². The summed E-state index contributed by atoms with van der Waals surface area (Å²) in [5.41, 5.74) is -0.0609. The van der Waals surface area contributed by atoms with Gasteiger partial charge in [-0.2, -0.15) is 0 Å².